The minimum atomic E-state index is -0.372. The molecular weight excluding hydrogens is 266 g/mol. The fourth-order valence-corrected chi connectivity index (χ4v) is 1.80. The highest BCUT2D eigenvalue weighted by molar-refractivity contribution is 9.10. The summed E-state index contributed by atoms with van der Waals surface area (Å²) in [5.41, 5.74) is 2.25. The molecule has 1 rings (SSSR count). The minimum absolute atomic E-state index is 0.264. The van der Waals surface area contributed by atoms with E-state index in [0.29, 0.717) is 0 Å². The summed E-state index contributed by atoms with van der Waals surface area (Å²) in [6.45, 7) is 8.69. The Hall–Kier alpha value is -0.380. The minimum Gasteiger partial charge on any atom is -0.392 e. The number of aliphatic hydroxyl groups excluding tert-OH is 1. The van der Waals surface area contributed by atoms with Crippen LogP contribution in [-0.2, 0) is 6.54 Å². The average Bonchev–Trinajstić information content (AvgIpc) is 2.16. The lowest BCUT2D eigenvalue weighted by Gasteiger charge is -2.29. The molecule has 0 bridgehead atoms. The van der Waals surface area contributed by atoms with Gasteiger partial charge in [-0.1, -0.05) is 22.0 Å². The molecule has 0 heterocycles. The van der Waals surface area contributed by atoms with Crippen LogP contribution in [0.2, 0.25) is 0 Å². The van der Waals surface area contributed by atoms with Crippen molar-refractivity contribution >= 4 is 15.9 Å². The molecule has 0 aliphatic carbocycles. The SMILES string of the molecule is Cc1cc(Br)ccc1CNC(C)(C)C(C)O. The molecule has 16 heavy (non-hydrogen) atoms. The van der Waals surface area contributed by atoms with Gasteiger partial charge in [-0.25, -0.2) is 0 Å². The highest BCUT2D eigenvalue weighted by Gasteiger charge is 2.22. The van der Waals surface area contributed by atoms with Gasteiger partial charge in [0.25, 0.3) is 0 Å². The van der Waals surface area contributed by atoms with Crippen LogP contribution in [0.25, 0.3) is 0 Å². The summed E-state index contributed by atoms with van der Waals surface area (Å²) in [6, 6.07) is 6.25. The molecule has 0 saturated carbocycles. The van der Waals surface area contributed by atoms with Crippen LogP contribution in [0.4, 0.5) is 0 Å². The normalized spacial score (nSPS) is 13.9. The molecule has 0 fully saturated rings. The molecule has 1 aromatic rings. The summed E-state index contributed by atoms with van der Waals surface area (Å²) in [7, 11) is 0. The third-order valence-electron chi connectivity index (χ3n) is 3.08. The van der Waals surface area contributed by atoms with E-state index in [1.807, 2.05) is 19.9 Å². The second-order valence-electron chi connectivity index (χ2n) is 4.82. The number of rotatable bonds is 4. The van der Waals surface area contributed by atoms with Gasteiger partial charge in [0.2, 0.25) is 0 Å². The van der Waals surface area contributed by atoms with E-state index in [1.54, 1.807) is 6.92 Å². The number of halogens is 1. The molecule has 0 aliphatic rings. The molecule has 0 radical (unpaired) electrons. The van der Waals surface area contributed by atoms with E-state index in [4.69, 9.17) is 0 Å². The maximum absolute atomic E-state index is 9.60. The third-order valence-corrected chi connectivity index (χ3v) is 3.58. The molecule has 0 aliphatic heterocycles. The first-order chi connectivity index (χ1) is 7.33. The molecule has 0 saturated heterocycles. The van der Waals surface area contributed by atoms with Crippen molar-refractivity contribution in [2.24, 2.45) is 0 Å². The molecule has 3 heteroatoms. The summed E-state index contributed by atoms with van der Waals surface area (Å²) in [5.74, 6) is 0. The first-order valence-electron chi connectivity index (χ1n) is 5.51. The predicted molar refractivity (Wildman–Crippen MR) is 71.5 cm³/mol. The van der Waals surface area contributed by atoms with Crippen LogP contribution in [0, 0.1) is 6.92 Å². The Bertz CT molecular complexity index is 361. The van der Waals surface area contributed by atoms with Gasteiger partial charge in [0.05, 0.1) is 6.10 Å². The van der Waals surface area contributed by atoms with Gasteiger partial charge in [0.1, 0.15) is 0 Å². The van der Waals surface area contributed by atoms with Crippen LogP contribution in [-0.4, -0.2) is 16.7 Å². The maximum Gasteiger partial charge on any atom is 0.0688 e. The molecule has 90 valence electrons. The van der Waals surface area contributed by atoms with Crippen LogP contribution in [0.5, 0.6) is 0 Å². The molecule has 0 aromatic heterocycles. The van der Waals surface area contributed by atoms with Gasteiger partial charge in [0.15, 0.2) is 0 Å². The standard InChI is InChI=1S/C13H20BrNO/c1-9-7-12(14)6-5-11(9)8-15-13(3,4)10(2)16/h5-7,10,15-16H,8H2,1-4H3. The second kappa shape index (κ2) is 5.30. The van der Waals surface area contributed by atoms with Crippen molar-refractivity contribution in [2.45, 2.75) is 45.9 Å². The number of nitrogens with one attached hydrogen (secondary N) is 1. The summed E-state index contributed by atoms with van der Waals surface area (Å²) in [4.78, 5) is 0. The van der Waals surface area contributed by atoms with E-state index in [-0.39, 0.29) is 11.6 Å². The van der Waals surface area contributed by atoms with Gasteiger partial charge in [-0.2, -0.15) is 0 Å². The first kappa shape index (κ1) is 13.7. The summed E-state index contributed by atoms with van der Waals surface area (Å²) in [5, 5.41) is 13.0. The lowest BCUT2D eigenvalue weighted by molar-refractivity contribution is 0.0956. The van der Waals surface area contributed by atoms with E-state index in [2.05, 4.69) is 40.3 Å². The van der Waals surface area contributed by atoms with Crippen molar-refractivity contribution < 1.29 is 5.11 Å². The van der Waals surface area contributed by atoms with Crippen molar-refractivity contribution in [3.63, 3.8) is 0 Å². The largest absolute Gasteiger partial charge is 0.392 e. The lowest BCUT2D eigenvalue weighted by Crippen LogP contribution is -2.47. The van der Waals surface area contributed by atoms with Crippen molar-refractivity contribution in [1.29, 1.82) is 0 Å². The fraction of sp³-hybridized carbons (Fsp3) is 0.538. The maximum atomic E-state index is 9.60. The topological polar surface area (TPSA) is 32.3 Å². The Kier molecular flexibility index (Phi) is 4.53. The average molecular weight is 286 g/mol. The molecule has 1 atom stereocenters. The van der Waals surface area contributed by atoms with E-state index < -0.39 is 0 Å². The van der Waals surface area contributed by atoms with Crippen LogP contribution in [0.3, 0.4) is 0 Å². The highest BCUT2D eigenvalue weighted by Crippen LogP contribution is 2.17. The van der Waals surface area contributed by atoms with Gasteiger partial charge < -0.3 is 10.4 Å². The zero-order chi connectivity index (χ0) is 12.3. The fourth-order valence-electron chi connectivity index (χ4n) is 1.33. The number of aliphatic hydroxyl groups is 1. The van der Waals surface area contributed by atoms with Crippen LogP contribution in [0.15, 0.2) is 22.7 Å². The predicted octanol–water partition coefficient (Wildman–Crippen LogP) is 3.01. The lowest BCUT2D eigenvalue weighted by atomic mass is 9.98. The van der Waals surface area contributed by atoms with Gasteiger partial charge >= 0.3 is 0 Å². The van der Waals surface area contributed by atoms with Crippen molar-refractivity contribution in [1.82, 2.24) is 5.32 Å². The summed E-state index contributed by atoms with van der Waals surface area (Å²) in [6.07, 6.45) is -0.372. The van der Waals surface area contributed by atoms with Crippen molar-refractivity contribution in [2.75, 3.05) is 0 Å². The third kappa shape index (κ3) is 3.58. The Morgan fingerprint density at radius 1 is 1.44 bits per heavy atom. The summed E-state index contributed by atoms with van der Waals surface area (Å²) < 4.78 is 1.10. The number of hydrogen-bond acceptors (Lipinski definition) is 2. The summed E-state index contributed by atoms with van der Waals surface area (Å²) >= 11 is 3.45. The molecule has 2 N–H and O–H groups in total. The van der Waals surface area contributed by atoms with E-state index in [0.717, 1.165) is 11.0 Å². The van der Waals surface area contributed by atoms with Crippen LogP contribution >= 0.6 is 15.9 Å². The Balaban J connectivity index is 2.68. The van der Waals surface area contributed by atoms with Crippen molar-refractivity contribution in [3.8, 4) is 0 Å². The zero-order valence-corrected chi connectivity index (χ0v) is 11.9. The Morgan fingerprint density at radius 3 is 2.56 bits per heavy atom. The Labute approximate surface area is 106 Å². The number of aryl methyl sites for hydroxylation is 1. The van der Waals surface area contributed by atoms with E-state index in [1.165, 1.54) is 11.1 Å². The zero-order valence-electron chi connectivity index (χ0n) is 10.3. The molecule has 0 spiro atoms. The van der Waals surface area contributed by atoms with Crippen molar-refractivity contribution in [3.05, 3.63) is 33.8 Å². The van der Waals surface area contributed by atoms with Gasteiger partial charge in [-0.3, -0.25) is 0 Å². The monoisotopic (exact) mass is 285 g/mol. The first-order valence-corrected chi connectivity index (χ1v) is 6.30. The quantitative estimate of drug-likeness (QED) is 0.891. The molecule has 2 nitrogen and oxygen atoms in total. The van der Waals surface area contributed by atoms with Crippen LogP contribution < -0.4 is 5.32 Å². The number of benzene rings is 1. The smallest absolute Gasteiger partial charge is 0.0688 e. The number of hydrogen-bond donors (Lipinski definition) is 2. The van der Waals surface area contributed by atoms with Gasteiger partial charge in [-0.05, 0) is 51.0 Å². The molecule has 0 amide bonds. The Morgan fingerprint density at radius 2 is 2.06 bits per heavy atom. The highest BCUT2D eigenvalue weighted by atomic mass is 79.9. The second-order valence-corrected chi connectivity index (χ2v) is 5.74. The van der Waals surface area contributed by atoms with Gasteiger partial charge in [0, 0.05) is 16.6 Å². The van der Waals surface area contributed by atoms with E-state index in [9.17, 15) is 5.11 Å². The van der Waals surface area contributed by atoms with Gasteiger partial charge in [-0.15, -0.1) is 0 Å². The molecule has 1 unspecified atom stereocenters. The molecule has 1 aromatic carbocycles. The van der Waals surface area contributed by atoms with E-state index >= 15 is 0 Å². The molecular formula is C13H20BrNO. The van der Waals surface area contributed by atoms with Crippen LogP contribution in [0.1, 0.15) is 31.9 Å².